The molecule has 10 heavy (non-hydrogen) atoms. The Balaban J connectivity index is 3.90. The normalized spacial score (nSPS) is 12.4. The molecule has 0 aliphatic rings. The van der Waals surface area contributed by atoms with Crippen molar-refractivity contribution in [3.63, 3.8) is 0 Å². The minimum atomic E-state index is -3.26. The summed E-state index contributed by atoms with van der Waals surface area (Å²) in [5, 5.41) is -0.431. The van der Waals surface area contributed by atoms with Crippen LogP contribution in [0, 0.1) is 0 Å². The summed E-state index contributed by atoms with van der Waals surface area (Å²) in [6.45, 7) is 5.37. The average molecular weight is 166 g/mol. The maximum Gasteiger partial charge on any atom is 0.269 e. The first kappa shape index (κ1) is 9.91. The maximum atomic E-state index is 10.9. The SMILES string of the molecule is CCCOS(=O)(=O)C(C)C. The third-order valence-electron chi connectivity index (χ3n) is 1.03. The Bertz CT molecular complexity index is 169. The molecule has 0 saturated carbocycles. The van der Waals surface area contributed by atoms with E-state index < -0.39 is 15.4 Å². The van der Waals surface area contributed by atoms with Gasteiger partial charge in [-0.25, -0.2) is 0 Å². The highest BCUT2D eigenvalue weighted by Crippen LogP contribution is 2.02. The van der Waals surface area contributed by atoms with E-state index in [4.69, 9.17) is 0 Å². The second-order valence-electron chi connectivity index (χ2n) is 2.36. The first-order valence-corrected chi connectivity index (χ1v) is 4.86. The van der Waals surface area contributed by atoms with Gasteiger partial charge in [0, 0.05) is 0 Å². The van der Waals surface area contributed by atoms with E-state index in [0.717, 1.165) is 6.42 Å². The van der Waals surface area contributed by atoms with Crippen LogP contribution < -0.4 is 0 Å². The van der Waals surface area contributed by atoms with Crippen molar-refractivity contribution < 1.29 is 12.6 Å². The molecule has 4 heteroatoms. The van der Waals surface area contributed by atoms with Gasteiger partial charge in [-0.3, -0.25) is 4.18 Å². The minimum absolute atomic E-state index is 0.292. The van der Waals surface area contributed by atoms with Crippen molar-refractivity contribution in [1.82, 2.24) is 0 Å². The summed E-state index contributed by atoms with van der Waals surface area (Å²) in [7, 11) is -3.26. The zero-order valence-corrected chi connectivity index (χ0v) is 7.44. The molecular formula is C6H14O3S. The van der Waals surface area contributed by atoms with Gasteiger partial charge in [-0.15, -0.1) is 0 Å². The van der Waals surface area contributed by atoms with Gasteiger partial charge < -0.3 is 0 Å². The molecule has 0 heterocycles. The fraction of sp³-hybridized carbons (Fsp3) is 1.00. The molecule has 3 nitrogen and oxygen atoms in total. The monoisotopic (exact) mass is 166 g/mol. The molecule has 0 aromatic heterocycles. The molecule has 0 radical (unpaired) electrons. The Labute approximate surface area is 62.5 Å². The Morgan fingerprint density at radius 3 is 2.20 bits per heavy atom. The van der Waals surface area contributed by atoms with E-state index >= 15 is 0 Å². The fourth-order valence-corrected chi connectivity index (χ4v) is 1.01. The van der Waals surface area contributed by atoms with Crippen LogP contribution in [0.4, 0.5) is 0 Å². The van der Waals surface area contributed by atoms with Crippen LogP contribution in [0.3, 0.4) is 0 Å². The van der Waals surface area contributed by atoms with Crippen LogP contribution in [-0.2, 0) is 14.3 Å². The van der Waals surface area contributed by atoms with E-state index in [1.165, 1.54) is 0 Å². The van der Waals surface area contributed by atoms with E-state index in [1.807, 2.05) is 6.92 Å². The second-order valence-corrected chi connectivity index (χ2v) is 4.53. The molecular weight excluding hydrogens is 152 g/mol. The van der Waals surface area contributed by atoms with E-state index in [1.54, 1.807) is 13.8 Å². The van der Waals surface area contributed by atoms with Gasteiger partial charge in [-0.1, -0.05) is 6.92 Å². The summed E-state index contributed by atoms with van der Waals surface area (Å²) in [6.07, 6.45) is 0.728. The molecule has 62 valence electrons. The molecule has 0 aliphatic heterocycles. The van der Waals surface area contributed by atoms with Crippen LogP contribution in [0.2, 0.25) is 0 Å². The summed E-state index contributed by atoms with van der Waals surface area (Å²) in [6, 6.07) is 0. The first-order valence-electron chi connectivity index (χ1n) is 3.39. The summed E-state index contributed by atoms with van der Waals surface area (Å²) >= 11 is 0. The van der Waals surface area contributed by atoms with Gasteiger partial charge in [0.15, 0.2) is 0 Å². The third kappa shape index (κ3) is 3.17. The van der Waals surface area contributed by atoms with Crippen LogP contribution in [-0.4, -0.2) is 20.3 Å². The molecule has 0 rings (SSSR count). The highest BCUT2D eigenvalue weighted by molar-refractivity contribution is 7.87. The molecule has 0 fully saturated rings. The molecule has 0 amide bonds. The van der Waals surface area contributed by atoms with E-state index in [9.17, 15) is 8.42 Å². The van der Waals surface area contributed by atoms with Crippen LogP contribution in [0.5, 0.6) is 0 Å². The zero-order valence-electron chi connectivity index (χ0n) is 6.62. The van der Waals surface area contributed by atoms with Crippen molar-refractivity contribution in [1.29, 1.82) is 0 Å². The molecule has 0 atom stereocenters. The molecule has 0 N–H and O–H groups in total. The Morgan fingerprint density at radius 2 is 1.90 bits per heavy atom. The second kappa shape index (κ2) is 3.93. The van der Waals surface area contributed by atoms with Crippen molar-refractivity contribution in [2.75, 3.05) is 6.61 Å². The predicted molar refractivity (Wildman–Crippen MR) is 40.3 cm³/mol. The molecule has 0 aromatic carbocycles. The third-order valence-corrected chi connectivity index (χ3v) is 2.68. The fourth-order valence-electron chi connectivity index (χ4n) is 0.336. The highest BCUT2D eigenvalue weighted by atomic mass is 32.2. The van der Waals surface area contributed by atoms with Gasteiger partial charge in [-0.05, 0) is 20.3 Å². The lowest BCUT2D eigenvalue weighted by molar-refractivity contribution is 0.314. The smallest absolute Gasteiger partial charge is 0.269 e. The van der Waals surface area contributed by atoms with Gasteiger partial charge in [0.2, 0.25) is 0 Å². The van der Waals surface area contributed by atoms with Crippen molar-refractivity contribution in [2.45, 2.75) is 32.4 Å². The van der Waals surface area contributed by atoms with Crippen molar-refractivity contribution in [2.24, 2.45) is 0 Å². The first-order chi connectivity index (χ1) is 4.50. The Kier molecular flexibility index (Phi) is 3.89. The molecule has 0 aromatic rings. The topological polar surface area (TPSA) is 43.4 Å². The highest BCUT2D eigenvalue weighted by Gasteiger charge is 2.15. The lowest BCUT2D eigenvalue weighted by atomic mass is 10.5. The molecule has 0 unspecified atom stereocenters. The van der Waals surface area contributed by atoms with E-state index in [-0.39, 0.29) is 0 Å². The number of hydrogen-bond acceptors (Lipinski definition) is 3. The molecule has 0 spiro atoms. The van der Waals surface area contributed by atoms with Crippen molar-refractivity contribution in [3.8, 4) is 0 Å². The zero-order chi connectivity index (χ0) is 8.20. The molecule has 0 saturated heterocycles. The summed E-state index contributed by atoms with van der Waals surface area (Å²) < 4.78 is 26.3. The number of rotatable bonds is 4. The van der Waals surface area contributed by atoms with Gasteiger partial charge in [0.1, 0.15) is 0 Å². The average Bonchev–Trinajstić information content (AvgIpc) is 1.84. The van der Waals surface area contributed by atoms with E-state index in [0.29, 0.717) is 6.61 Å². The van der Waals surface area contributed by atoms with Crippen molar-refractivity contribution >= 4 is 10.1 Å². The Morgan fingerprint density at radius 1 is 1.40 bits per heavy atom. The van der Waals surface area contributed by atoms with Crippen LogP contribution in [0.1, 0.15) is 27.2 Å². The van der Waals surface area contributed by atoms with Crippen LogP contribution in [0.15, 0.2) is 0 Å². The lowest BCUT2D eigenvalue weighted by Gasteiger charge is -2.05. The van der Waals surface area contributed by atoms with Gasteiger partial charge in [0.05, 0.1) is 11.9 Å². The quantitative estimate of drug-likeness (QED) is 0.588. The minimum Gasteiger partial charge on any atom is -0.270 e. The summed E-state index contributed by atoms with van der Waals surface area (Å²) in [5.41, 5.74) is 0. The Hall–Kier alpha value is -0.0900. The maximum absolute atomic E-state index is 10.9. The summed E-state index contributed by atoms with van der Waals surface area (Å²) in [5.74, 6) is 0. The van der Waals surface area contributed by atoms with E-state index in [2.05, 4.69) is 4.18 Å². The standard InChI is InChI=1S/C6H14O3S/c1-4-5-9-10(7,8)6(2)3/h6H,4-5H2,1-3H3. The van der Waals surface area contributed by atoms with Crippen LogP contribution >= 0.6 is 0 Å². The molecule has 0 bridgehead atoms. The lowest BCUT2D eigenvalue weighted by Crippen LogP contribution is -2.17. The number of hydrogen-bond donors (Lipinski definition) is 0. The van der Waals surface area contributed by atoms with Gasteiger partial charge in [-0.2, -0.15) is 8.42 Å². The van der Waals surface area contributed by atoms with Gasteiger partial charge >= 0.3 is 0 Å². The largest absolute Gasteiger partial charge is 0.270 e. The molecule has 0 aliphatic carbocycles. The van der Waals surface area contributed by atoms with Crippen molar-refractivity contribution in [3.05, 3.63) is 0 Å². The summed E-state index contributed by atoms with van der Waals surface area (Å²) in [4.78, 5) is 0. The predicted octanol–water partition coefficient (Wildman–Crippen LogP) is 1.15. The van der Waals surface area contributed by atoms with Crippen LogP contribution in [0.25, 0.3) is 0 Å². The van der Waals surface area contributed by atoms with Gasteiger partial charge in [0.25, 0.3) is 10.1 Å².